The molecular formula is C5H15NO4P2. The van der Waals surface area contributed by atoms with E-state index >= 15 is 0 Å². The number of hydrogen-bond acceptors (Lipinski definition) is 3. The van der Waals surface area contributed by atoms with E-state index in [0.29, 0.717) is 0 Å². The molecule has 0 aromatic rings. The fraction of sp³-hybridized carbons (Fsp3) is 1.00. The molecule has 12 heavy (non-hydrogen) atoms. The van der Waals surface area contributed by atoms with Crippen molar-refractivity contribution in [1.29, 1.82) is 0 Å². The van der Waals surface area contributed by atoms with E-state index in [4.69, 9.17) is 9.79 Å². The molecule has 2 unspecified atom stereocenters. The van der Waals surface area contributed by atoms with Gasteiger partial charge in [-0.05, 0) is 7.05 Å². The summed E-state index contributed by atoms with van der Waals surface area (Å²) in [6.07, 6.45) is -0.100. The Labute approximate surface area is 72.3 Å². The van der Waals surface area contributed by atoms with E-state index in [1.165, 1.54) is 18.2 Å². The fourth-order valence-electron chi connectivity index (χ4n) is 0.941. The highest BCUT2D eigenvalue weighted by molar-refractivity contribution is 7.58. The zero-order chi connectivity index (χ0) is 9.99. The molecule has 0 saturated heterocycles. The standard InChI is InChI=1S/C5H15NO4P2/c1-6(4-11(2,7)8)5-12(3,9)10/h4-5H2,1-3H3,(H,7,8)(H,9,10). The van der Waals surface area contributed by atoms with Gasteiger partial charge < -0.3 is 9.79 Å². The minimum absolute atomic E-state index is 0.0502. The van der Waals surface area contributed by atoms with Gasteiger partial charge in [-0.15, -0.1) is 0 Å². The van der Waals surface area contributed by atoms with Gasteiger partial charge in [0, 0.05) is 13.3 Å². The summed E-state index contributed by atoms with van der Waals surface area (Å²) >= 11 is 0. The maximum atomic E-state index is 10.9. The molecule has 0 heterocycles. The Bertz CT molecular complexity index is 206. The van der Waals surface area contributed by atoms with Crippen LogP contribution in [-0.4, -0.2) is 47.6 Å². The normalized spacial score (nSPS) is 21.8. The van der Waals surface area contributed by atoms with E-state index in [0.717, 1.165) is 0 Å². The molecule has 74 valence electrons. The second-order valence-corrected chi connectivity index (χ2v) is 8.01. The van der Waals surface area contributed by atoms with Gasteiger partial charge in [0.05, 0.1) is 12.6 Å². The van der Waals surface area contributed by atoms with E-state index in [2.05, 4.69) is 0 Å². The quantitative estimate of drug-likeness (QED) is 0.672. The summed E-state index contributed by atoms with van der Waals surface area (Å²) in [5.74, 6) is 0. The van der Waals surface area contributed by atoms with E-state index in [-0.39, 0.29) is 12.6 Å². The maximum absolute atomic E-state index is 10.9. The first-order valence-electron chi connectivity index (χ1n) is 3.37. The molecule has 2 atom stereocenters. The van der Waals surface area contributed by atoms with Crippen LogP contribution in [0.25, 0.3) is 0 Å². The molecule has 0 aromatic heterocycles. The summed E-state index contributed by atoms with van der Waals surface area (Å²) in [6, 6.07) is 0. The lowest BCUT2D eigenvalue weighted by molar-refractivity contribution is 0.382. The second kappa shape index (κ2) is 4.03. The third-order valence-electron chi connectivity index (χ3n) is 1.01. The molecule has 0 aromatic carbocycles. The fourth-order valence-corrected chi connectivity index (χ4v) is 3.09. The lowest BCUT2D eigenvalue weighted by Crippen LogP contribution is -2.20. The number of nitrogens with zero attached hydrogens (tertiary/aromatic N) is 1. The van der Waals surface area contributed by atoms with Crippen LogP contribution in [0, 0.1) is 0 Å². The van der Waals surface area contributed by atoms with Crippen LogP contribution in [0.3, 0.4) is 0 Å². The van der Waals surface area contributed by atoms with Gasteiger partial charge in [0.15, 0.2) is 0 Å². The molecule has 0 amide bonds. The van der Waals surface area contributed by atoms with E-state index in [1.54, 1.807) is 7.05 Å². The topological polar surface area (TPSA) is 77.8 Å². The summed E-state index contributed by atoms with van der Waals surface area (Å²) < 4.78 is 21.7. The van der Waals surface area contributed by atoms with Crippen LogP contribution >= 0.6 is 14.7 Å². The first-order chi connectivity index (χ1) is 5.10. The van der Waals surface area contributed by atoms with Crippen LogP contribution in [0.2, 0.25) is 0 Å². The van der Waals surface area contributed by atoms with Crippen molar-refractivity contribution in [1.82, 2.24) is 4.90 Å². The molecule has 5 nitrogen and oxygen atoms in total. The molecule has 0 spiro atoms. The summed E-state index contributed by atoms with van der Waals surface area (Å²) in [7, 11) is -4.69. The molecule has 0 bridgehead atoms. The molecule has 2 N–H and O–H groups in total. The van der Waals surface area contributed by atoms with Crippen molar-refractivity contribution in [2.45, 2.75) is 0 Å². The zero-order valence-corrected chi connectivity index (χ0v) is 9.26. The smallest absolute Gasteiger partial charge is 0.211 e. The zero-order valence-electron chi connectivity index (χ0n) is 7.47. The molecule has 0 aliphatic heterocycles. The predicted molar refractivity (Wildman–Crippen MR) is 49.0 cm³/mol. The van der Waals surface area contributed by atoms with E-state index in [9.17, 15) is 9.13 Å². The first kappa shape index (κ1) is 12.3. The Kier molecular flexibility index (Phi) is 4.15. The molecular weight excluding hydrogens is 200 g/mol. The van der Waals surface area contributed by atoms with Crippen LogP contribution < -0.4 is 0 Å². The maximum Gasteiger partial charge on any atom is 0.211 e. The summed E-state index contributed by atoms with van der Waals surface area (Å²) in [5.41, 5.74) is 0. The van der Waals surface area contributed by atoms with Gasteiger partial charge in [-0.3, -0.25) is 14.0 Å². The van der Waals surface area contributed by atoms with Crippen molar-refractivity contribution in [3.8, 4) is 0 Å². The van der Waals surface area contributed by atoms with E-state index in [1.807, 2.05) is 0 Å². The molecule has 0 saturated carbocycles. The lowest BCUT2D eigenvalue weighted by Gasteiger charge is -2.19. The molecule has 0 radical (unpaired) electrons. The van der Waals surface area contributed by atoms with Gasteiger partial charge in [0.2, 0.25) is 14.7 Å². The average molecular weight is 215 g/mol. The van der Waals surface area contributed by atoms with Crippen molar-refractivity contribution >= 4 is 14.7 Å². The average Bonchev–Trinajstić information content (AvgIpc) is 1.49. The Morgan fingerprint density at radius 3 is 1.50 bits per heavy atom. The Morgan fingerprint density at radius 1 is 1.08 bits per heavy atom. The Balaban J connectivity index is 4.00. The van der Waals surface area contributed by atoms with Crippen LogP contribution in [0.5, 0.6) is 0 Å². The highest BCUT2D eigenvalue weighted by Crippen LogP contribution is 2.40. The molecule has 0 aliphatic rings. The highest BCUT2D eigenvalue weighted by atomic mass is 31.2. The van der Waals surface area contributed by atoms with Crippen molar-refractivity contribution in [3.63, 3.8) is 0 Å². The number of hydrogen-bond donors (Lipinski definition) is 2. The lowest BCUT2D eigenvalue weighted by atomic mass is 11.0. The van der Waals surface area contributed by atoms with Crippen LogP contribution in [0.4, 0.5) is 0 Å². The molecule has 0 aliphatic carbocycles. The Morgan fingerprint density at radius 2 is 1.33 bits per heavy atom. The summed E-state index contributed by atoms with van der Waals surface area (Å²) in [6.45, 7) is 2.45. The SMILES string of the molecule is CN(CP(C)(=O)O)CP(C)(=O)O. The van der Waals surface area contributed by atoms with Crippen molar-refractivity contribution in [2.24, 2.45) is 0 Å². The monoisotopic (exact) mass is 215 g/mol. The van der Waals surface area contributed by atoms with Gasteiger partial charge in [-0.2, -0.15) is 0 Å². The third kappa shape index (κ3) is 8.44. The second-order valence-electron chi connectivity index (χ2n) is 3.24. The van der Waals surface area contributed by atoms with Crippen LogP contribution in [-0.2, 0) is 9.13 Å². The minimum atomic E-state index is -3.11. The van der Waals surface area contributed by atoms with Crippen molar-refractivity contribution < 1.29 is 18.9 Å². The Hall–Kier alpha value is 0.340. The summed E-state index contributed by atoms with van der Waals surface area (Å²) in [4.78, 5) is 19.2. The van der Waals surface area contributed by atoms with E-state index < -0.39 is 14.7 Å². The van der Waals surface area contributed by atoms with Crippen LogP contribution in [0.1, 0.15) is 0 Å². The van der Waals surface area contributed by atoms with Gasteiger partial charge in [-0.1, -0.05) is 0 Å². The third-order valence-corrected chi connectivity index (χ3v) is 3.02. The van der Waals surface area contributed by atoms with Gasteiger partial charge in [0.1, 0.15) is 0 Å². The molecule has 7 heteroatoms. The largest absolute Gasteiger partial charge is 0.344 e. The van der Waals surface area contributed by atoms with Gasteiger partial charge >= 0.3 is 0 Å². The van der Waals surface area contributed by atoms with Crippen molar-refractivity contribution in [3.05, 3.63) is 0 Å². The predicted octanol–water partition coefficient (Wildman–Crippen LogP) is 0.634. The first-order valence-corrected chi connectivity index (χ1v) is 7.96. The molecule has 0 rings (SSSR count). The van der Waals surface area contributed by atoms with Crippen LogP contribution in [0.15, 0.2) is 0 Å². The highest BCUT2D eigenvalue weighted by Gasteiger charge is 2.18. The number of rotatable bonds is 4. The summed E-state index contributed by atoms with van der Waals surface area (Å²) in [5, 5.41) is 0. The van der Waals surface area contributed by atoms with Crippen molar-refractivity contribution in [2.75, 3.05) is 32.9 Å². The van der Waals surface area contributed by atoms with Gasteiger partial charge in [-0.25, -0.2) is 0 Å². The molecule has 0 fully saturated rings. The van der Waals surface area contributed by atoms with Gasteiger partial charge in [0.25, 0.3) is 0 Å². The minimum Gasteiger partial charge on any atom is -0.344 e.